The van der Waals surface area contributed by atoms with Crippen LogP contribution < -0.4 is 0 Å². The molecular weight excluding hydrogens is 280 g/mol. The van der Waals surface area contributed by atoms with Crippen molar-refractivity contribution in [1.29, 1.82) is 0 Å². The minimum atomic E-state index is 0.00430. The van der Waals surface area contributed by atoms with Gasteiger partial charge < -0.3 is 14.5 Å². The van der Waals surface area contributed by atoms with Crippen LogP contribution in [0.2, 0.25) is 0 Å². The van der Waals surface area contributed by atoms with Crippen LogP contribution in [0.15, 0.2) is 18.6 Å². The molecule has 2 aliphatic heterocycles. The Kier molecular flexibility index (Phi) is 5.00. The lowest BCUT2D eigenvalue weighted by Crippen LogP contribution is -2.49. The number of methoxy groups -OCH3 is 1. The second kappa shape index (κ2) is 7.15. The summed E-state index contributed by atoms with van der Waals surface area (Å²) < 4.78 is 5.43. The zero-order chi connectivity index (χ0) is 15.4. The van der Waals surface area contributed by atoms with Crippen LogP contribution >= 0.6 is 0 Å². The predicted octanol–water partition coefficient (Wildman–Crippen LogP) is 1.19. The van der Waals surface area contributed by atoms with Crippen LogP contribution in [0.25, 0.3) is 0 Å². The zero-order valence-corrected chi connectivity index (χ0v) is 13.1. The Morgan fingerprint density at radius 1 is 1.14 bits per heavy atom. The second-order valence-electron chi connectivity index (χ2n) is 6.09. The van der Waals surface area contributed by atoms with Gasteiger partial charge >= 0.3 is 0 Å². The first kappa shape index (κ1) is 15.4. The molecule has 0 aliphatic carbocycles. The zero-order valence-electron chi connectivity index (χ0n) is 13.1. The van der Waals surface area contributed by atoms with E-state index in [4.69, 9.17) is 4.74 Å². The van der Waals surface area contributed by atoms with E-state index in [9.17, 15) is 4.79 Å². The van der Waals surface area contributed by atoms with Gasteiger partial charge in [-0.1, -0.05) is 0 Å². The molecule has 0 radical (unpaired) electrons. The monoisotopic (exact) mass is 304 g/mol. The molecule has 0 bridgehead atoms. The van der Waals surface area contributed by atoms with Gasteiger partial charge in [0.15, 0.2) is 0 Å². The smallest absolute Gasteiger partial charge is 0.274 e. The molecule has 6 nitrogen and oxygen atoms in total. The number of piperidine rings is 2. The van der Waals surface area contributed by atoms with E-state index in [0.717, 1.165) is 51.9 Å². The van der Waals surface area contributed by atoms with Crippen molar-refractivity contribution in [2.24, 2.45) is 0 Å². The molecule has 0 N–H and O–H groups in total. The van der Waals surface area contributed by atoms with Gasteiger partial charge in [0.25, 0.3) is 5.91 Å². The molecule has 120 valence electrons. The van der Waals surface area contributed by atoms with Crippen LogP contribution in [-0.2, 0) is 4.74 Å². The number of nitrogens with zero attached hydrogens (tertiary/aromatic N) is 4. The van der Waals surface area contributed by atoms with Crippen LogP contribution in [0, 0.1) is 0 Å². The highest BCUT2D eigenvalue weighted by molar-refractivity contribution is 5.92. The Hall–Kier alpha value is -1.53. The SMILES string of the molecule is COC1CCN(C2CCN(C(=O)c3cnccn3)CC2)CC1. The average molecular weight is 304 g/mol. The van der Waals surface area contributed by atoms with Crippen molar-refractivity contribution < 1.29 is 9.53 Å². The minimum Gasteiger partial charge on any atom is -0.381 e. The van der Waals surface area contributed by atoms with E-state index in [0.29, 0.717) is 17.8 Å². The molecule has 22 heavy (non-hydrogen) atoms. The molecule has 0 unspecified atom stereocenters. The predicted molar refractivity (Wildman–Crippen MR) is 82.6 cm³/mol. The number of ether oxygens (including phenoxy) is 1. The number of carbonyl (C=O) groups excluding carboxylic acids is 1. The second-order valence-corrected chi connectivity index (χ2v) is 6.09. The number of rotatable bonds is 3. The van der Waals surface area contributed by atoms with E-state index in [1.54, 1.807) is 25.7 Å². The van der Waals surface area contributed by atoms with Crippen molar-refractivity contribution in [3.05, 3.63) is 24.3 Å². The molecule has 0 aromatic carbocycles. The molecule has 2 fully saturated rings. The van der Waals surface area contributed by atoms with Crippen molar-refractivity contribution in [3.8, 4) is 0 Å². The summed E-state index contributed by atoms with van der Waals surface area (Å²) >= 11 is 0. The standard InChI is InChI=1S/C16H24N4O2/c1-22-14-4-10-19(11-5-14)13-2-8-20(9-3-13)16(21)15-12-17-6-7-18-15/h6-7,12-14H,2-5,8-11H2,1H3. The summed E-state index contributed by atoms with van der Waals surface area (Å²) in [6.45, 7) is 3.84. The molecule has 0 atom stereocenters. The van der Waals surface area contributed by atoms with Crippen molar-refractivity contribution in [2.45, 2.75) is 37.8 Å². The molecule has 1 amide bonds. The fourth-order valence-electron chi connectivity index (χ4n) is 3.48. The molecule has 3 rings (SSSR count). The molecule has 1 aromatic rings. The van der Waals surface area contributed by atoms with E-state index in [1.165, 1.54) is 0 Å². The maximum Gasteiger partial charge on any atom is 0.274 e. The Morgan fingerprint density at radius 2 is 1.86 bits per heavy atom. The van der Waals surface area contributed by atoms with Crippen molar-refractivity contribution >= 4 is 5.91 Å². The van der Waals surface area contributed by atoms with Gasteiger partial charge in [-0.2, -0.15) is 0 Å². The van der Waals surface area contributed by atoms with Gasteiger partial charge in [0, 0.05) is 51.7 Å². The lowest BCUT2D eigenvalue weighted by atomic mass is 9.98. The normalized spacial score (nSPS) is 22.0. The summed E-state index contributed by atoms with van der Waals surface area (Å²) in [5.41, 5.74) is 0.446. The summed E-state index contributed by atoms with van der Waals surface area (Å²) in [4.78, 5) is 24.9. The summed E-state index contributed by atoms with van der Waals surface area (Å²) in [6, 6.07) is 0.601. The first-order valence-electron chi connectivity index (χ1n) is 8.10. The maximum atomic E-state index is 12.4. The van der Waals surface area contributed by atoms with Crippen molar-refractivity contribution in [3.63, 3.8) is 0 Å². The molecule has 0 saturated carbocycles. The minimum absolute atomic E-state index is 0.00430. The third-order valence-electron chi connectivity index (χ3n) is 4.86. The topological polar surface area (TPSA) is 58.6 Å². The van der Waals surface area contributed by atoms with Gasteiger partial charge in [-0.25, -0.2) is 4.98 Å². The highest BCUT2D eigenvalue weighted by atomic mass is 16.5. The molecule has 2 saturated heterocycles. The molecule has 1 aromatic heterocycles. The van der Waals surface area contributed by atoms with Gasteiger partial charge in [0.05, 0.1) is 12.3 Å². The molecule has 3 heterocycles. The van der Waals surface area contributed by atoms with Crippen LogP contribution in [0.3, 0.4) is 0 Å². The highest BCUT2D eigenvalue weighted by Gasteiger charge is 2.30. The Labute approximate surface area is 131 Å². The fourth-order valence-corrected chi connectivity index (χ4v) is 3.48. The molecular formula is C16H24N4O2. The Morgan fingerprint density at radius 3 is 2.45 bits per heavy atom. The van der Waals surface area contributed by atoms with Crippen LogP contribution in [0.4, 0.5) is 0 Å². The number of likely N-dealkylation sites (tertiary alicyclic amines) is 2. The quantitative estimate of drug-likeness (QED) is 0.839. The number of aromatic nitrogens is 2. The summed E-state index contributed by atoms with van der Waals surface area (Å²) in [5.74, 6) is 0.00430. The van der Waals surface area contributed by atoms with Gasteiger partial charge in [0.2, 0.25) is 0 Å². The van der Waals surface area contributed by atoms with E-state index < -0.39 is 0 Å². The third-order valence-corrected chi connectivity index (χ3v) is 4.86. The Balaban J connectivity index is 1.49. The van der Waals surface area contributed by atoms with Crippen molar-refractivity contribution in [1.82, 2.24) is 19.8 Å². The lowest BCUT2D eigenvalue weighted by molar-refractivity contribution is 0.0144. The van der Waals surface area contributed by atoms with Crippen LogP contribution in [-0.4, -0.2) is 71.1 Å². The Bertz CT molecular complexity index is 480. The van der Waals surface area contributed by atoms with Crippen LogP contribution in [0.1, 0.15) is 36.2 Å². The lowest BCUT2D eigenvalue weighted by Gasteiger charge is -2.41. The van der Waals surface area contributed by atoms with E-state index in [2.05, 4.69) is 14.9 Å². The third kappa shape index (κ3) is 3.44. The van der Waals surface area contributed by atoms with E-state index in [-0.39, 0.29) is 5.91 Å². The van der Waals surface area contributed by atoms with Crippen molar-refractivity contribution in [2.75, 3.05) is 33.3 Å². The number of carbonyl (C=O) groups is 1. The molecule has 0 spiro atoms. The number of amides is 1. The van der Waals surface area contributed by atoms with Gasteiger partial charge in [-0.15, -0.1) is 0 Å². The number of hydrogen-bond donors (Lipinski definition) is 0. The molecule has 6 heteroatoms. The molecule has 2 aliphatic rings. The largest absolute Gasteiger partial charge is 0.381 e. The van der Waals surface area contributed by atoms with Gasteiger partial charge in [-0.05, 0) is 25.7 Å². The first-order valence-corrected chi connectivity index (χ1v) is 8.10. The van der Waals surface area contributed by atoms with Gasteiger partial charge in [-0.3, -0.25) is 9.78 Å². The fraction of sp³-hybridized carbons (Fsp3) is 0.688. The van der Waals surface area contributed by atoms with Crippen LogP contribution in [0.5, 0.6) is 0 Å². The summed E-state index contributed by atoms with van der Waals surface area (Å²) in [7, 11) is 1.80. The maximum absolute atomic E-state index is 12.4. The first-order chi connectivity index (χ1) is 10.8. The summed E-state index contributed by atoms with van der Waals surface area (Å²) in [6.07, 6.45) is 9.46. The number of hydrogen-bond acceptors (Lipinski definition) is 5. The van der Waals surface area contributed by atoms with E-state index in [1.807, 2.05) is 4.90 Å². The van der Waals surface area contributed by atoms with Gasteiger partial charge in [0.1, 0.15) is 5.69 Å². The summed E-state index contributed by atoms with van der Waals surface area (Å²) in [5, 5.41) is 0. The van der Waals surface area contributed by atoms with E-state index >= 15 is 0 Å². The average Bonchev–Trinajstić information content (AvgIpc) is 2.62. The highest BCUT2D eigenvalue weighted by Crippen LogP contribution is 2.22.